The Kier molecular flexibility index (Phi) is 7.70. The molecule has 0 aromatic rings. The molecule has 0 amide bonds. The maximum absolute atomic E-state index is 12.9. The quantitative estimate of drug-likeness (QED) is 0.261. The topological polar surface area (TPSA) is 94.6 Å². The van der Waals surface area contributed by atoms with Crippen LogP contribution in [-0.4, -0.2) is 44.5 Å². The Balaban J connectivity index is 2.15. The third-order valence-corrected chi connectivity index (χ3v) is 10.6. The minimum atomic E-state index is -6.71. The van der Waals surface area contributed by atoms with Gasteiger partial charge in [0.05, 0.1) is 0 Å². The molecule has 0 aliphatic heterocycles. The van der Waals surface area contributed by atoms with Gasteiger partial charge in [0.15, 0.2) is 4.58 Å². The first-order valence-corrected chi connectivity index (χ1v) is 12.9. The predicted molar refractivity (Wildman–Crippen MR) is 101 cm³/mol. The van der Waals surface area contributed by atoms with Crippen LogP contribution in [-0.2, 0) is 29.2 Å². The van der Waals surface area contributed by atoms with E-state index in [2.05, 4.69) is 0 Å². The van der Waals surface area contributed by atoms with Gasteiger partial charge in [-0.15, -0.1) is 0 Å². The molecular formula is C18H24F6O6S2. The van der Waals surface area contributed by atoms with Crippen molar-refractivity contribution in [3.05, 3.63) is 12.2 Å². The summed E-state index contributed by atoms with van der Waals surface area (Å²) in [5.41, 5.74) is -12.4. The number of allylic oxidation sites excluding steroid dienone is 2. The lowest BCUT2D eigenvalue weighted by molar-refractivity contribution is -0.153. The highest BCUT2D eigenvalue weighted by Gasteiger charge is 2.62. The van der Waals surface area contributed by atoms with E-state index in [1.165, 1.54) is 13.8 Å². The SMILES string of the molecule is CC(C)C(CCC(S(=O)(=O)C(F)(F)F)S(=O)(=O)C(F)(F)F)OC(=O)CC1CC2C=CC1C2. The van der Waals surface area contributed by atoms with Crippen molar-refractivity contribution in [2.75, 3.05) is 0 Å². The van der Waals surface area contributed by atoms with E-state index in [0.717, 1.165) is 12.8 Å². The first-order chi connectivity index (χ1) is 14.4. The first kappa shape index (κ1) is 26.9. The van der Waals surface area contributed by atoms with Crippen LogP contribution in [0.3, 0.4) is 0 Å². The fourth-order valence-electron chi connectivity index (χ4n) is 4.16. The molecule has 0 saturated heterocycles. The molecule has 32 heavy (non-hydrogen) atoms. The second kappa shape index (κ2) is 9.15. The van der Waals surface area contributed by atoms with Crippen molar-refractivity contribution < 1.29 is 52.7 Å². The lowest BCUT2D eigenvalue weighted by Crippen LogP contribution is -2.45. The molecule has 6 nitrogen and oxygen atoms in total. The van der Waals surface area contributed by atoms with Gasteiger partial charge in [0, 0.05) is 6.42 Å². The third-order valence-electron chi connectivity index (χ3n) is 5.90. The molecule has 0 radical (unpaired) electrons. The molecule has 2 rings (SSSR count). The Morgan fingerprint density at radius 1 is 0.938 bits per heavy atom. The molecule has 2 bridgehead atoms. The number of rotatable bonds is 9. The minimum Gasteiger partial charge on any atom is -0.462 e. The molecule has 0 spiro atoms. The highest BCUT2D eigenvalue weighted by atomic mass is 32.3. The molecule has 186 valence electrons. The number of carbonyl (C=O) groups is 1. The number of hydrogen-bond acceptors (Lipinski definition) is 6. The normalized spacial score (nSPS) is 25.0. The van der Waals surface area contributed by atoms with Crippen molar-refractivity contribution in [1.82, 2.24) is 0 Å². The van der Waals surface area contributed by atoms with Crippen molar-refractivity contribution in [3.63, 3.8) is 0 Å². The summed E-state index contributed by atoms with van der Waals surface area (Å²) in [6.07, 6.45) is 2.10. The molecule has 14 heteroatoms. The van der Waals surface area contributed by atoms with Crippen molar-refractivity contribution in [3.8, 4) is 0 Å². The van der Waals surface area contributed by atoms with Crippen LogP contribution < -0.4 is 0 Å². The molecule has 0 aromatic carbocycles. The summed E-state index contributed by atoms with van der Waals surface area (Å²) in [4.78, 5) is 12.3. The molecule has 1 saturated carbocycles. The van der Waals surface area contributed by atoms with Crippen LogP contribution in [0.5, 0.6) is 0 Å². The average molecular weight is 515 g/mol. The molecule has 1 fully saturated rings. The Morgan fingerprint density at radius 2 is 1.47 bits per heavy atom. The minimum absolute atomic E-state index is 0.000144. The fraction of sp³-hybridized carbons (Fsp3) is 0.833. The van der Waals surface area contributed by atoms with Gasteiger partial charge in [0.25, 0.3) is 19.7 Å². The van der Waals surface area contributed by atoms with Gasteiger partial charge in [-0.2, -0.15) is 26.3 Å². The molecule has 0 N–H and O–H groups in total. The van der Waals surface area contributed by atoms with Gasteiger partial charge in [-0.3, -0.25) is 4.79 Å². The smallest absolute Gasteiger partial charge is 0.462 e. The van der Waals surface area contributed by atoms with Crippen molar-refractivity contribution in [2.24, 2.45) is 23.7 Å². The van der Waals surface area contributed by atoms with Crippen molar-refractivity contribution in [2.45, 2.75) is 67.7 Å². The van der Waals surface area contributed by atoms with E-state index in [-0.39, 0.29) is 18.3 Å². The van der Waals surface area contributed by atoms with Crippen molar-refractivity contribution >= 4 is 25.6 Å². The van der Waals surface area contributed by atoms with Crippen LogP contribution >= 0.6 is 0 Å². The van der Waals surface area contributed by atoms with Crippen LogP contribution in [0.4, 0.5) is 26.3 Å². The lowest BCUT2D eigenvalue weighted by atomic mass is 9.90. The van der Waals surface area contributed by atoms with Crippen LogP contribution in [0.1, 0.15) is 46.0 Å². The summed E-state index contributed by atoms with van der Waals surface area (Å²) in [6.45, 7) is 2.92. The summed E-state index contributed by atoms with van der Waals surface area (Å²) in [7, 11) is -13.4. The molecule has 0 heterocycles. The summed E-state index contributed by atoms with van der Waals surface area (Å²) in [6, 6.07) is 0. The van der Waals surface area contributed by atoms with E-state index in [1.807, 2.05) is 12.2 Å². The van der Waals surface area contributed by atoms with Gasteiger partial charge >= 0.3 is 17.0 Å². The highest BCUT2D eigenvalue weighted by molar-refractivity contribution is 8.09. The zero-order valence-corrected chi connectivity index (χ0v) is 18.8. The van der Waals surface area contributed by atoms with E-state index in [0.29, 0.717) is 5.92 Å². The first-order valence-electron chi connectivity index (χ1n) is 9.86. The molecule has 2 aliphatic rings. The lowest BCUT2D eigenvalue weighted by Gasteiger charge is -2.26. The van der Waals surface area contributed by atoms with Gasteiger partial charge in [-0.25, -0.2) is 16.8 Å². The number of hydrogen-bond donors (Lipinski definition) is 0. The number of esters is 1. The number of carbonyl (C=O) groups excluding carboxylic acids is 1. The predicted octanol–water partition coefficient (Wildman–Crippen LogP) is 4.13. The van der Waals surface area contributed by atoms with E-state index >= 15 is 0 Å². The second-order valence-corrected chi connectivity index (χ2v) is 13.0. The molecule has 0 aromatic heterocycles. The summed E-state index contributed by atoms with van der Waals surface area (Å²) in [5.74, 6) is -0.762. The summed E-state index contributed by atoms with van der Waals surface area (Å²) in [5, 5.41) is 0. The summed E-state index contributed by atoms with van der Waals surface area (Å²) >= 11 is 0. The monoisotopic (exact) mass is 514 g/mol. The highest BCUT2D eigenvalue weighted by Crippen LogP contribution is 2.45. The van der Waals surface area contributed by atoms with Gasteiger partial charge in [-0.05, 0) is 49.4 Å². The maximum atomic E-state index is 12.9. The van der Waals surface area contributed by atoms with E-state index in [4.69, 9.17) is 4.74 Å². The maximum Gasteiger partial charge on any atom is 0.498 e. The number of fused-ring (bicyclic) bond motifs is 2. The van der Waals surface area contributed by atoms with E-state index in [9.17, 15) is 48.0 Å². The zero-order valence-electron chi connectivity index (χ0n) is 17.2. The third kappa shape index (κ3) is 5.60. The van der Waals surface area contributed by atoms with E-state index in [1.54, 1.807) is 0 Å². The van der Waals surface area contributed by atoms with Crippen LogP contribution in [0, 0.1) is 23.7 Å². The average Bonchev–Trinajstić information content (AvgIpc) is 3.21. The standard InChI is InChI=1S/C18H24F6O6S2/c1-10(2)14(30-15(25)9-13-8-11-3-4-12(13)7-11)5-6-16(31(26,27)17(19,20)21)32(28,29)18(22,23)24/h3-4,10-14,16H,5-9H2,1-2H3. The van der Waals surface area contributed by atoms with Gasteiger partial charge in [-0.1, -0.05) is 26.0 Å². The van der Waals surface area contributed by atoms with Crippen LogP contribution in [0.15, 0.2) is 12.2 Å². The Bertz CT molecular complexity index is 892. The largest absolute Gasteiger partial charge is 0.498 e. The second-order valence-electron chi connectivity index (χ2n) is 8.51. The Hall–Kier alpha value is -1.31. The van der Waals surface area contributed by atoms with Gasteiger partial charge in [0.1, 0.15) is 6.10 Å². The van der Waals surface area contributed by atoms with Gasteiger partial charge < -0.3 is 4.74 Å². The van der Waals surface area contributed by atoms with Crippen molar-refractivity contribution in [1.29, 1.82) is 0 Å². The number of ether oxygens (including phenoxy) is 1. The molecule has 4 atom stereocenters. The molecule has 4 unspecified atom stereocenters. The zero-order chi connectivity index (χ0) is 24.7. The van der Waals surface area contributed by atoms with E-state index < -0.39 is 66.1 Å². The van der Waals surface area contributed by atoms with Crippen LogP contribution in [0.2, 0.25) is 0 Å². The molecule has 2 aliphatic carbocycles. The number of sulfone groups is 2. The number of halogens is 6. The number of alkyl halides is 6. The Labute approximate surface area is 182 Å². The van der Waals surface area contributed by atoms with Gasteiger partial charge in [0.2, 0.25) is 0 Å². The summed E-state index contributed by atoms with van der Waals surface area (Å²) < 4.78 is 125. The Morgan fingerprint density at radius 3 is 1.84 bits per heavy atom. The van der Waals surface area contributed by atoms with Crippen LogP contribution in [0.25, 0.3) is 0 Å². The fourth-order valence-corrected chi connectivity index (χ4v) is 7.64. The molecular weight excluding hydrogens is 490 g/mol.